The minimum atomic E-state index is -1.20. The van der Waals surface area contributed by atoms with Gasteiger partial charge in [-0.1, -0.05) is 6.42 Å². The van der Waals surface area contributed by atoms with Crippen LogP contribution in [0.1, 0.15) is 35.6 Å². The summed E-state index contributed by atoms with van der Waals surface area (Å²) in [6.45, 7) is 1.88. The molecule has 1 heterocycles. The van der Waals surface area contributed by atoms with Crippen LogP contribution in [0.3, 0.4) is 0 Å². The summed E-state index contributed by atoms with van der Waals surface area (Å²) in [5.41, 5.74) is -1.20. The van der Waals surface area contributed by atoms with Crippen LogP contribution in [0.4, 0.5) is 0 Å². The molecular formula is C12H15NO3S. The van der Waals surface area contributed by atoms with E-state index in [9.17, 15) is 14.7 Å². The Morgan fingerprint density at radius 3 is 2.88 bits per heavy atom. The molecule has 1 aliphatic rings. The van der Waals surface area contributed by atoms with E-state index < -0.39 is 11.4 Å². The predicted octanol–water partition coefficient (Wildman–Crippen LogP) is 2.21. The number of aliphatic carboxylic acids is 1. The maximum atomic E-state index is 12.0. The standard InChI is InChI=1S/C12H15NO3S/c1-8-13-7-9(17-8)6-12(11(15)16)5-3-2-4-10(12)14/h7H,2-6H2,1H3,(H,15,16). The van der Waals surface area contributed by atoms with Gasteiger partial charge >= 0.3 is 5.97 Å². The summed E-state index contributed by atoms with van der Waals surface area (Å²) in [5, 5.41) is 10.3. The number of aryl methyl sites for hydroxylation is 1. The van der Waals surface area contributed by atoms with E-state index in [0.717, 1.165) is 22.7 Å². The summed E-state index contributed by atoms with van der Waals surface area (Å²) >= 11 is 1.47. The number of aromatic nitrogens is 1. The van der Waals surface area contributed by atoms with Crippen molar-refractivity contribution >= 4 is 23.1 Å². The van der Waals surface area contributed by atoms with E-state index in [-0.39, 0.29) is 5.78 Å². The summed E-state index contributed by atoms with van der Waals surface area (Å²) in [6.07, 6.45) is 4.47. The monoisotopic (exact) mass is 253 g/mol. The second kappa shape index (κ2) is 4.56. The Morgan fingerprint density at radius 1 is 1.59 bits per heavy atom. The van der Waals surface area contributed by atoms with Gasteiger partial charge in [0.05, 0.1) is 5.01 Å². The first kappa shape index (κ1) is 12.2. The molecule has 0 saturated heterocycles. The first-order chi connectivity index (χ1) is 8.04. The summed E-state index contributed by atoms with van der Waals surface area (Å²) in [7, 11) is 0. The summed E-state index contributed by atoms with van der Waals surface area (Å²) in [5.74, 6) is -1.10. The van der Waals surface area contributed by atoms with Crippen LogP contribution >= 0.6 is 11.3 Å². The second-order valence-electron chi connectivity index (χ2n) is 4.54. The Labute approximate surface area is 104 Å². The first-order valence-electron chi connectivity index (χ1n) is 5.72. The molecular weight excluding hydrogens is 238 g/mol. The van der Waals surface area contributed by atoms with Gasteiger partial charge in [0.2, 0.25) is 0 Å². The van der Waals surface area contributed by atoms with Crippen LogP contribution in [-0.4, -0.2) is 21.8 Å². The fraction of sp³-hybridized carbons (Fsp3) is 0.583. The number of ketones is 1. The lowest BCUT2D eigenvalue weighted by molar-refractivity contribution is -0.157. The predicted molar refractivity (Wildman–Crippen MR) is 64.1 cm³/mol. The third-order valence-corrected chi connectivity index (χ3v) is 4.26. The highest BCUT2D eigenvalue weighted by molar-refractivity contribution is 7.11. The molecule has 1 unspecified atom stereocenters. The van der Waals surface area contributed by atoms with Crippen LogP contribution in [0.15, 0.2) is 6.20 Å². The number of carboxylic acid groups (broad SMARTS) is 1. The Morgan fingerprint density at radius 2 is 2.35 bits per heavy atom. The van der Waals surface area contributed by atoms with Gasteiger partial charge in [0.25, 0.3) is 0 Å². The topological polar surface area (TPSA) is 67.3 Å². The van der Waals surface area contributed by atoms with E-state index in [4.69, 9.17) is 0 Å². The smallest absolute Gasteiger partial charge is 0.317 e. The van der Waals surface area contributed by atoms with Crippen LogP contribution in [0.2, 0.25) is 0 Å². The van der Waals surface area contributed by atoms with E-state index >= 15 is 0 Å². The zero-order valence-corrected chi connectivity index (χ0v) is 10.5. The normalized spacial score (nSPS) is 24.9. The molecule has 92 valence electrons. The summed E-state index contributed by atoms with van der Waals surface area (Å²) in [6, 6.07) is 0. The molecule has 2 rings (SSSR count). The van der Waals surface area contributed by atoms with Crippen LogP contribution in [0.25, 0.3) is 0 Å². The van der Waals surface area contributed by atoms with E-state index in [2.05, 4.69) is 4.98 Å². The zero-order chi connectivity index (χ0) is 12.5. The molecule has 1 aliphatic carbocycles. The van der Waals surface area contributed by atoms with Crippen LogP contribution in [-0.2, 0) is 16.0 Å². The molecule has 17 heavy (non-hydrogen) atoms. The fourth-order valence-corrected chi connectivity index (χ4v) is 3.27. The van der Waals surface area contributed by atoms with E-state index in [0.29, 0.717) is 19.3 Å². The average Bonchev–Trinajstić information content (AvgIpc) is 2.67. The molecule has 1 N–H and O–H groups in total. The minimum Gasteiger partial charge on any atom is -0.480 e. The van der Waals surface area contributed by atoms with Crippen molar-refractivity contribution in [3.63, 3.8) is 0 Å². The minimum absolute atomic E-state index is 0.123. The Balaban J connectivity index is 2.28. The van der Waals surface area contributed by atoms with Gasteiger partial charge in [-0.05, 0) is 19.8 Å². The molecule has 1 atom stereocenters. The average molecular weight is 253 g/mol. The van der Waals surface area contributed by atoms with Gasteiger partial charge in [-0.3, -0.25) is 9.59 Å². The highest BCUT2D eigenvalue weighted by Gasteiger charge is 2.47. The molecule has 5 heteroatoms. The van der Waals surface area contributed by atoms with Gasteiger partial charge in [0.1, 0.15) is 5.41 Å². The molecule has 0 radical (unpaired) electrons. The number of carboxylic acids is 1. The molecule has 0 spiro atoms. The lowest BCUT2D eigenvalue weighted by Gasteiger charge is -2.31. The van der Waals surface area contributed by atoms with Gasteiger partial charge in [0.15, 0.2) is 5.78 Å². The highest BCUT2D eigenvalue weighted by Crippen LogP contribution is 2.37. The van der Waals surface area contributed by atoms with Gasteiger partial charge in [-0.15, -0.1) is 11.3 Å². The molecule has 0 aromatic carbocycles. The Hall–Kier alpha value is -1.23. The van der Waals surface area contributed by atoms with Crippen molar-refractivity contribution in [2.75, 3.05) is 0 Å². The lowest BCUT2D eigenvalue weighted by atomic mass is 9.70. The molecule has 4 nitrogen and oxygen atoms in total. The number of Topliss-reactive ketones (excluding diaryl/α,β-unsaturated/α-hetero) is 1. The van der Waals surface area contributed by atoms with Crippen molar-refractivity contribution in [1.82, 2.24) is 4.98 Å². The molecule has 1 fully saturated rings. The number of rotatable bonds is 3. The SMILES string of the molecule is Cc1ncc(CC2(C(=O)O)CCCCC2=O)s1. The van der Waals surface area contributed by atoms with Crippen molar-refractivity contribution in [2.24, 2.45) is 5.41 Å². The third kappa shape index (κ3) is 2.24. The van der Waals surface area contributed by atoms with Crippen molar-refractivity contribution in [1.29, 1.82) is 0 Å². The van der Waals surface area contributed by atoms with Crippen LogP contribution in [0.5, 0.6) is 0 Å². The molecule has 0 bridgehead atoms. The largest absolute Gasteiger partial charge is 0.480 e. The number of nitrogens with zero attached hydrogens (tertiary/aromatic N) is 1. The van der Waals surface area contributed by atoms with E-state index in [1.165, 1.54) is 11.3 Å². The van der Waals surface area contributed by atoms with Crippen LogP contribution in [0, 0.1) is 12.3 Å². The maximum Gasteiger partial charge on any atom is 0.317 e. The van der Waals surface area contributed by atoms with Crippen molar-refractivity contribution < 1.29 is 14.7 Å². The summed E-state index contributed by atoms with van der Waals surface area (Å²) < 4.78 is 0. The zero-order valence-electron chi connectivity index (χ0n) is 9.73. The number of hydrogen-bond acceptors (Lipinski definition) is 4. The fourth-order valence-electron chi connectivity index (χ4n) is 2.36. The first-order valence-corrected chi connectivity index (χ1v) is 6.54. The highest BCUT2D eigenvalue weighted by atomic mass is 32.1. The molecule has 0 aliphatic heterocycles. The third-order valence-electron chi connectivity index (χ3n) is 3.35. The van der Waals surface area contributed by atoms with E-state index in [1.54, 1.807) is 6.20 Å². The molecule has 1 aromatic heterocycles. The number of carbonyl (C=O) groups is 2. The van der Waals surface area contributed by atoms with Crippen molar-refractivity contribution in [3.8, 4) is 0 Å². The lowest BCUT2D eigenvalue weighted by Crippen LogP contribution is -2.43. The maximum absolute atomic E-state index is 12.0. The van der Waals surface area contributed by atoms with E-state index in [1.807, 2.05) is 6.92 Å². The van der Waals surface area contributed by atoms with Crippen molar-refractivity contribution in [3.05, 3.63) is 16.1 Å². The Kier molecular flexibility index (Phi) is 3.28. The van der Waals surface area contributed by atoms with Gasteiger partial charge in [0, 0.05) is 23.9 Å². The molecule has 0 amide bonds. The van der Waals surface area contributed by atoms with Crippen molar-refractivity contribution in [2.45, 2.75) is 39.0 Å². The number of thiazole rings is 1. The summed E-state index contributed by atoms with van der Waals surface area (Å²) in [4.78, 5) is 28.4. The van der Waals surface area contributed by atoms with Gasteiger partial charge in [-0.2, -0.15) is 0 Å². The number of carbonyl (C=O) groups excluding carboxylic acids is 1. The van der Waals surface area contributed by atoms with Gasteiger partial charge < -0.3 is 5.11 Å². The van der Waals surface area contributed by atoms with Gasteiger partial charge in [-0.25, -0.2) is 4.98 Å². The molecule has 1 aromatic rings. The number of hydrogen-bond donors (Lipinski definition) is 1. The molecule has 1 saturated carbocycles. The quantitative estimate of drug-likeness (QED) is 0.839. The van der Waals surface area contributed by atoms with Crippen LogP contribution < -0.4 is 0 Å². The Bertz CT molecular complexity index is 454. The second-order valence-corrected chi connectivity index (χ2v) is 5.86.